The lowest BCUT2D eigenvalue weighted by atomic mass is 10.2. The Balaban J connectivity index is 2.28. The van der Waals surface area contributed by atoms with Gasteiger partial charge in [0, 0.05) is 31.5 Å². The summed E-state index contributed by atoms with van der Waals surface area (Å²) in [6.45, 7) is 0. The summed E-state index contributed by atoms with van der Waals surface area (Å²) in [4.78, 5) is 14.0. The third kappa shape index (κ3) is 2.79. The van der Waals surface area contributed by atoms with E-state index in [-0.39, 0.29) is 5.91 Å². The number of aryl methyl sites for hydroxylation is 1. The van der Waals surface area contributed by atoms with E-state index in [4.69, 9.17) is 18.0 Å². The Kier molecular flexibility index (Phi) is 3.62. The van der Waals surface area contributed by atoms with Crippen molar-refractivity contribution in [3.05, 3.63) is 47.8 Å². The number of carbonyl (C=O) groups excluding carboxylic acids is 1. The van der Waals surface area contributed by atoms with Crippen LogP contribution in [0.3, 0.4) is 0 Å². The van der Waals surface area contributed by atoms with Crippen LogP contribution in [0, 0.1) is 0 Å². The number of carbonyl (C=O) groups is 1. The van der Waals surface area contributed by atoms with Gasteiger partial charge in [0.05, 0.1) is 0 Å². The molecule has 1 heterocycles. The molecule has 0 fully saturated rings. The van der Waals surface area contributed by atoms with E-state index in [2.05, 4.69) is 5.10 Å². The Bertz CT molecular complexity index is 635. The summed E-state index contributed by atoms with van der Waals surface area (Å²) in [5.74, 6) is -0.180. The van der Waals surface area contributed by atoms with Crippen LogP contribution in [-0.4, -0.2) is 27.7 Å². The highest BCUT2D eigenvalue weighted by molar-refractivity contribution is 7.80. The van der Waals surface area contributed by atoms with Gasteiger partial charge in [0.15, 0.2) is 5.69 Å². The second-order valence-corrected chi connectivity index (χ2v) is 4.59. The molecule has 5 nitrogen and oxygen atoms in total. The lowest BCUT2D eigenvalue weighted by molar-refractivity contribution is 0.0987. The van der Waals surface area contributed by atoms with E-state index in [0.717, 1.165) is 11.3 Å². The molecule has 0 aliphatic rings. The van der Waals surface area contributed by atoms with Crippen molar-refractivity contribution < 1.29 is 4.79 Å². The summed E-state index contributed by atoms with van der Waals surface area (Å²) in [5.41, 5.74) is 7.43. The Labute approximate surface area is 116 Å². The van der Waals surface area contributed by atoms with E-state index in [1.807, 2.05) is 18.2 Å². The predicted octanol–water partition coefficient (Wildman–Crippen LogP) is 1.33. The maximum absolute atomic E-state index is 12.2. The van der Waals surface area contributed by atoms with Crippen LogP contribution < -0.4 is 10.6 Å². The first kappa shape index (κ1) is 13.2. The van der Waals surface area contributed by atoms with Gasteiger partial charge in [-0.1, -0.05) is 24.4 Å². The Morgan fingerprint density at radius 3 is 2.74 bits per heavy atom. The zero-order chi connectivity index (χ0) is 14.0. The van der Waals surface area contributed by atoms with Crippen molar-refractivity contribution >= 4 is 28.8 Å². The highest BCUT2D eigenvalue weighted by atomic mass is 32.1. The molecule has 0 atom stereocenters. The van der Waals surface area contributed by atoms with Crippen molar-refractivity contribution in [2.75, 3.05) is 11.9 Å². The van der Waals surface area contributed by atoms with Gasteiger partial charge in [0.1, 0.15) is 4.99 Å². The molecule has 2 rings (SSSR count). The lowest BCUT2D eigenvalue weighted by Gasteiger charge is -2.16. The van der Waals surface area contributed by atoms with Gasteiger partial charge >= 0.3 is 0 Å². The van der Waals surface area contributed by atoms with Gasteiger partial charge in [-0.15, -0.1) is 0 Å². The fourth-order valence-electron chi connectivity index (χ4n) is 1.69. The zero-order valence-electron chi connectivity index (χ0n) is 10.7. The SMILES string of the molecule is CN(C(=O)c1ccn(C)n1)c1cccc(C(N)=S)c1. The number of nitrogens with two attached hydrogens (primary N) is 1. The minimum Gasteiger partial charge on any atom is -0.389 e. The van der Waals surface area contributed by atoms with Crippen molar-refractivity contribution in [1.29, 1.82) is 0 Å². The zero-order valence-corrected chi connectivity index (χ0v) is 11.5. The molecule has 0 radical (unpaired) electrons. The van der Waals surface area contributed by atoms with Crippen molar-refractivity contribution in [3.8, 4) is 0 Å². The molecule has 98 valence electrons. The van der Waals surface area contributed by atoms with Gasteiger partial charge in [-0.2, -0.15) is 5.10 Å². The number of thiocarbonyl (C=S) groups is 1. The number of anilines is 1. The highest BCUT2D eigenvalue weighted by Gasteiger charge is 2.16. The van der Waals surface area contributed by atoms with Crippen LogP contribution in [0.15, 0.2) is 36.5 Å². The topological polar surface area (TPSA) is 64.2 Å². The van der Waals surface area contributed by atoms with Crippen molar-refractivity contribution in [3.63, 3.8) is 0 Å². The number of aromatic nitrogens is 2. The third-order valence-corrected chi connectivity index (χ3v) is 2.99. The summed E-state index contributed by atoms with van der Waals surface area (Å²) in [7, 11) is 3.46. The molecule has 2 aromatic rings. The van der Waals surface area contributed by atoms with Crippen molar-refractivity contribution in [2.24, 2.45) is 12.8 Å². The van der Waals surface area contributed by atoms with E-state index in [0.29, 0.717) is 10.7 Å². The smallest absolute Gasteiger partial charge is 0.278 e. The van der Waals surface area contributed by atoms with Crippen molar-refractivity contribution in [1.82, 2.24) is 9.78 Å². The van der Waals surface area contributed by atoms with Gasteiger partial charge in [-0.25, -0.2) is 0 Å². The maximum atomic E-state index is 12.2. The standard InChI is InChI=1S/C13H14N4OS/c1-16-7-6-11(15-16)13(18)17(2)10-5-3-4-9(8-10)12(14)19/h3-8H,1-2H3,(H2,14,19). The quantitative estimate of drug-likeness (QED) is 0.858. The maximum Gasteiger partial charge on any atom is 0.278 e. The molecule has 0 aliphatic carbocycles. The van der Waals surface area contributed by atoms with Crippen LogP contribution in [0.2, 0.25) is 0 Å². The lowest BCUT2D eigenvalue weighted by Crippen LogP contribution is -2.27. The molecule has 0 saturated carbocycles. The molecule has 0 aliphatic heterocycles. The van der Waals surface area contributed by atoms with Crippen LogP contribution in [0.5, 0.6) is 0 Å². The first-order chi connectivity index (χ1) is 8.99. The Hall–Kier alpha value is -2.21. The number of benzene rings is 1. The second kappa shape index (κ2) is 5.19. The number of hydrogen-bond donors (Lipinski definition) is 1. The van der Waals surface area contributed by atoms with Gasteiger partial charge in [0.2, 0.25) is 0 Å². The van der Waals surface area contributed by atoms with Crippen LogP contribution >= 0.6 is 12.2 Å². The average molecular weight is 274 g/mol. The molecule has 19 heavy (non-hydrogen) atoms. The van der Waals surface area contributed by atoms with Crippen molar-refractivity contribution in [2.45, 2.75) is 0 Å². The number of amides is 1. The van der Waals surface area contributed by atoms with E-state index >= 15 is 0 Å². The number of rotatable bonds is 3. The fraction of sp³-hybridized carbons (Fsp3) is 0.154. The number of nitrogens with zero attached hydrogens (tertiary/aromatic N) is 3. The summed E-state index contributed by atoms with van der Waals surface area (Å²) >= 11 is 4.93. The molecule has 1 aromatic carbocycles. The van der Waals surface area contributed by atoms with Gasteiger partial charge in [-0.3, -0.25) is 9.48 Å². The van der Waals surface area contributed by atoms with Gasteiger partial charge in [0.25, 0.3) is 5.91 Å². The normalized spacial score (nSPS) is 10.2. The summed E-state index contributed by atoms with van der Waals surface area (Å²) < 4.78 is 1.59. The fourth-order valence-corrected chi connectivity index (χ4v) is 1.81. The van der Waals surface area contributed by atoms with Crippen LogP contribution in [-0.2, 0) is 7.05 Å². The van der Waals surface area contributed by atoms with Crippen LogP contribution in [0.25, 0.3) is 0 Å². The average Bonchev–Trinajstić information content (AvgIpc) is 2.84. The molecule has 0 spiro atoms. The molecule has 0 saturated heterocycles. The summed E-state index contributed by atoms with van der Waals surface area (Å²) in [5, 5.41) is 4.09. The Morgan fingerprint density at radius 2 is 2.16 bits per heavy atom. The highest BCUT2D eigenvalue weighted by Crippen LogP contribution is 2.16. The molecule has 6 heteroatoms. The second-order valence-electron chi connectivity index (χ2n) is 4.15. The molecule has 1 amide bonds. The van der Waals surface area contributed by atoms with E-state index in [9.17, 15) is 4.79 Å². The molecule has 0 bridgehead atoms. The largest absolute Gasteiger partial charge is 0.389 e. The summed E-state index contributed by atoms with van der Waals surface area (Å²) in [6.07, 6.45) is 1.73. The molecular formula is C13H14N4OS. The van der Waals surface area contributed by atoms with E-state index in [1.165, 1.54) is 4.90 Å². The van der Waals surface area contributed by atoms with E-state index in [1.54, 1.807) is 37.1 Å². The van der Waals surface area contributed by atoms with Gasteiger partial charge < -0.3 is 10.6 Å². The molecule has 2 N–H and O–H groups in total. The van der Waals surface area contributed by atoms with Crippen LogP contribution in [0.1, 0.15) is 16.1 Å². The van der Waals surface area contributed by atoms with E-state index < -0.39 is 0 Å². The monoisotopic (exact) mass is 274 g/mol. The first-order valence-electron chi connectivity index (χ1n) is 5.66. The molecular weight excluding hydrogens is 260 g/mol. The summed E-state index contributed by atoms with van der Waals surface area (Å²) in [6, 6.07) is 8.90. The first-order valence-corrected chi connectivity index (χ1v) is 6.07. The molecule has 1 aromatic heterocycles. The minimum absolute atomic E-state index is 0.180. The molecule has 0 unspecified atom stereocenters. The minimum atomic E-state index is -0.180. The van der Waals surface area contributed by atoms with Gasteiger partial charge in [-0.05, 0) is 18.2 Å². The number of hydrogen-bond acceptors (Lipinski definition) is 3. The van der Waals surface area contributed by atoms with Crippen LogP contribution in [0.4, 0.5) is 5.69 Å². The Morgan fingerprint density at radius 1 is 1.42 bits per heavy atom. The predicted molar refractivity (Wildman–Crippen MR) is 78.3 cm³/mol. The third-order valence-electron chi connectivity index (χ3n) is 2.76.